The highest BCUT2D eigenvalue weighted by Crippen LogP contribution is 2.37. The lowest BCUT2D eigenvalue weighted by Gasteiger charge is -2.36. The van der Waals surface area contributed by atoms with E-state index in [0.717, 1.165) is 0 Å². The van der Waals surface area contributed by atoms with Gasteiger partial charge in [0.05, 0.1) is 17.1 Å². The van der Waals surface area contributed by atoms with Crippen LogP contribution in [0.1, 0.15) is 49.7 Å². The summed E-state index contributed by atoms with van der Waals surface area (Å²) in [5, 5.41) is 12.7. The minimum atomic E-state index is -2.77. The van der Waals surface area contributed by atoms with E-state index in [2.05, 4.69) is 5.32 Å². The van der Waals surface area contributed by atoms with E-state index in [1.54, 1.807) is 30.3 Å². The van der Waals surface area contributed by atoms with Crippen LogP contribution < -0.4 is 10.2 Å². The topological polar surface area (TPSA) is 94.9 Å². The zero-order valence-corrected chi connectivity index (χ0v) is 24.4. The molecule has 228 valence electrons. The van der Waals surface area contributed by atoms with Gasteiger partial charge in [0.2, 0.25) is 11.8 Å². The predicted molar refractivity (Wildman–Crippen MR) is 158 cm³/mol. The van der Waals surface area contributed by atoms with Gasteiger partial charge in [-0.3, -0.25) is 19.1 Å². The highest BCUT2D eigenvalue weighted by atomic mass is 35.5. The molecule has 1 atom stereocenters. The molecule has 2 N–H and O–H groups in total. The summed E-state index contributed by atoms with van der Waals surface area (Å²) in [6.45, 7) is 0.559. The molecule has 42 heavy (non-hydrogen) atoms. The molecule has 0 radical (unpaired) electrons. The van der Waals surface area contributed by atoms with Crippen LogP contribution in [0.4, 0.5) is 29.3 Å². The molecule has 1 aromatic heterocycles. The van der Waals surface area contributed by atoms with Gasteiger partial charge in [-0.25, -0.2) is 18.0 Å². The van der Waals surface area contributed by atoms with Crippen LogP contribution in [0.15, 0.2) is 54.7 Å². The Balaban J connectivity index is 0.00000484. The van der Waals surface area contributed by atoms with Crippen LogP contribution in [0.5, 0.6) is 0 Å². The molecule has 0 aliphatic heterocycles. The minimum absolute atomic E-state index is 0. The third kappa shape index (κ3) is 8.04. The number of fused-ring (bicyclic) bond motifs is 1. The number of nitrogens with one attached hydrogen (secondary N) is 1. The van der Waals surface area contributed by atoms with Gasteiger partial charge in [0.15, 0.2) is 0 Å². The SMILES string of the molecule is CN(C)CCC(CCC(=O)n1cc(NC(=O)N(c2ccccc2)C2CCC(F)(F)CC2)c2cc(F)ccc21)C(=O)O.Cl. The van der Waals surface area contributed by atoms with Crippen molar-refractivity contribution in [1.29, 1.82) is 0 Å². The van der Waals surface area contributed by atoms with Crippen LogP contribution in [-0.4, -0.2) is 65.1 Å². The molecule has 0 saturated heterocycles. The van der Waals surface area contributed by atoms with Crippen molar-refractivity contribution in [2.24, 2.45) is 5.92 Å². The number of rotatable bonds is 10. The van der Waals surface area contributed by atoms with Crippen molar-refractivity contribution < 1.29 is 32.7 Å². The first-order chi connectivity index (χ1) is 19.4. The Labute approximate surface area is 248 Å². The maximum absolute atomic E-state index is 14.3. The maximum Gasteiger partial charge on any atom is 0.326 e. The number of carboxylic acids is 1. The standard InChI is InChI=1S/C30H35F3N4O4.ClH/c1-35(2)17-14-20(28(39)40)8-11-27(38)36-19-25(24-18-21(31)9-10-26(24)36)34-29(41)37(22-6-4-3-5-7-22)23-12-15-30(32,33)16-13-23;/h3-7,9-10,18-20,23H,8,11-17H2,1-2H3,(H,34,41)(H,39,40);1H. The molecule has 0 bridgehead atoms. The molecule has 12 heteroatoms. The molecular formula is C30H36ClF3N4O4. The Morgan fingerprint density at radius 3 is 2.36 bits per heavy atom. The van der Waals surface area contributed by atoms with Crippen LogP contribution in [0.3, 0.4) is 0 Å². The molecule has 0 spiro atoms. The average molecular weight is 609 g/mol. The molecule has 1 aliphatic rings. The van der Waals surface area contributed by atoms with Gasteiger partial charge in [-0.1, -0.05) is 18.2 Å². The monoisotopic (exact) mass is 608 g/mol. The Morgan fingerprint density at radius 2 is 1.74 bits per heavy atom. The van der Waals surface area contributed by atoms with Crippen molar-refractivity contribution in [1.82, 2.24) is 9.47 Å². The van der Waals surface area contributed by atoms with E-state index in [0.29, 0.717) is 24.2 Å². The molecule has 4 rings (SSSR count). The lowest BCUT2D eigenvalue weighted by atomic mass is 9.91. The molecule has 3 aromatic rings. The van der Waals surface area contributed by atoms with Crippen molar-refractivity contribution in [3.63, 3.8) is 0 Å². The number of amides is 2. The van der Waals surface area contributed by atoms with Crippen LogP contribution >= 0.6 is 12.4 Å². The molecule has 1 fully saturated rings. The fourth-order valence-electron chi connectivity index (χ4n) is 5.27. The average Bonchev–Trinajstić information content (AvgIpc) is 3.27. The third-order valence-electron chi connectivity index (χ3n) is 7.56. The number of benzene rings is 2. The number of nitrogens with zero attached hydrogens (tertiary/aromatic N) is 3. The van der Waals surface area contributed by atoms with Gasteiger partial charge < -0.3 is 15.3 Å². The normalized spacial score (nSPS) is 15.7. The number of para-hydroxylation sites is 1. The number of halogens is 4. The summed E-state index contributed by atoms with van der Waals surface area (Å²) in [5.74, 6) is -5.42. The zero-order valence-electron chi connectivity index (χ0n) is 23.6. The molecular weight excluding hydrogens is 573 g/mol. The quantitative estimate of drug-likeness (QED) is 0.261. The van der Waals surface area contributed by atoms with Gasteiger partial charge in [-0.15, -0.1) is 12.4 Å². The van der Waals surface area contributed by atoms with E-state index < -0.39 is 41.6 Å². The van der Waals surface area contributed by atoms with Gasteiger partial charge >= 0.3 is 12.0 Å². The molecule has 1 saturated carbocycles. The molecule has 1 heterocycles. The van der Waals surface area contributed by atoms with Gasteiger partial charge in [-0.2, -0.15) is 0 Å². The number of carbonyl (C=O) groups is 3. The highest BCUT2D eigenvalue weighted by Gasteiger charge is 2.39. The summed E-state index contributed by atoms with van der Waals surface area (Å²) >= 11 is 0. The first kappa shape index (κ1) is 32.9. The number of carboxylic acid groups (broad SMARTS) is 1. The summed E-state index contributed by atoms with van der Waals surface area (Å²) in [4.78, 5) is 41.9. The number of aliphatic carboxylic acids is 1. The fraction of sp³-hybridized carbons (Fsp3) is 0.433. The summed E-state index contributed by atoms with van der Waals surface area (Å²) < 4.78 is 43.4. The summed E-state index contributed by atoms with van der Waals surface area (Å²) in [5.41, 5.74) is 1.07. The van der Waals surface area contributed by atoms with Gasteiger partial charge in [0.1, 0.15) is 5.82 Å². The summed E-state index contributed by atoms with van der Waals surface area (Å²) in [7, 11) is 3.68. The molecule has 1 unspecified atom stereocenters. The maximum atomic E-state index is 14.3. The first-order valence-electron chi connectivity index (χ1n) is 13.7. The number of alkyl halides is 2. The van der Waals surface area contributed by atoms with Crippen molar-refractivity contribution in [3.8, 4) is 0 Å². The largest absolute Gasteiger partial charge is 0.481 e. The number of carbonyl (C=O) groups excluding carboxylic acids is 2. The second-order valence-corrected chi connectivity index (χ2v) is 10.9. The zero-order chi connectivity index (χ0) is 29.7. The highest BCUT2D eigenvalue weighted by molar-refractivity contribution is 6.09. The number of hydrogen-bond acceptors (Lipinski definition) is 4. The van der Waals surface area contributed by atoms with Crippen molar-refractivity contribution >= 4 is 52.6 Å². The Morgan fingerprint density at radius 1 is 1.07 bits per heavy atom. The Bertz CT molecular complexity index is 1390. The molecule has 1 aliphatic carbocycles. The number of anilines is 2. The molecule has 2 aromatic carbocycles. The van der Waals surface area contributed by atoms with E-state index in [1.807, 2.05) is 19.0 Å². The van der Waals surface area contributed by atoms with E-state index in [-0.39, 0.29) is 62.0 Å². The summed E-state index contributed by atoms with van der Waals surface area (Å²) in [6, 6.07) is 11.5. The fourth-order valence-corrected chi connectivity index (χ4v) is 5.27. The van der Waals surface area contributed by atoms with Crippen LogP contribution in [0, 0.1) is 11.7 Å². The first-order valence-corrected chi connectivity index (χ1v) is 13.7. The van der Waals surface area contributed by atoms with Crippen molar-refractivity contribution in [2.75, 3.05) is 30.9 Å². The number of aromatic nitrogens is 1. The smallest absolute Gasteiger partial charge is 0.326 e. The molecule has 2 amide bonds. The van der Waals surface area contributed by atoms with Crippen LogP contribution in [0.2, 0.25) is 0 Å². The van der Waals surface area contributed by atoms with Crippen molar-refractivity contribution in [3.05, 3.63) is 60.5 Å². The van der Waals surface area contributed by atoms with E-state index >= 15 is 0 Å². The minimum Gasteiger partial charge on any atom is -0.481 e. The summed E-state index contributed by atoms with van der Waals surface area (Å²) in [6.07, 6.45) is 1.41. The van der Waals surface area contributed by atoms with E-state index in [4.69, 9.17) is 0 Å². The van der Waals surface area contributed by atoms with E-state index in [1.165, 1.54) is 33.9 Å². The lowest BCUT2D eigenvalue weighted by Crippen LogP contribution is -2.46. The number of hydrogen-bond donors (Lipinski definition) is 2. The van der Waals surface area contributed by atoms with E-state index in [9.17, 15) is 32.7 Å². The second-order valence-electron chi connectivity index (χ2n) is 10.9. The molecule has 8 nitrogen and oxygen atoms in total. The van der Waals surface area contributed by atoms with Crippen molar-refractivity contribution in [2.45, 2.75) is 56.9 Å². The lowest BCUT2D eigenvalue weighted by molar-refractivity contribution is -0.142. The predicted octanol–water partition coefficient (Wildman–Crippen LogP) is 6.89. The number of urea groups is 1. The Kier molecular flexibility index (Phi) is 11.0. The van der Waals surface area contributed by atoms with Gasteiger partial charge in [-0.05, 0) is 76.7 Å². The van der Waals surface area contributed by atoms with Crippen LogP contribution in [-0.2, 0) is 4.79 Å². The van der Waals surface area contributed by atoms with Gasteiger partial charge in [0.25, 0.3) is 0 Å². The van der Waals surface area contributed by atoms with Crippen LogP contribution in [0.25, 0.3) is 10.9 Å². The third-order valence-corrected chi connectivity index (χ3v) is 7.56. The Hall–Kier alpha value is -3.57. The second kappa shape index (κ2) is 14.1. The van der Waals surface area contributed by atoms with Gasteiger partial charge in [0, 0.05) is 42.6 Å².